The first-order valence-electron chi connectivity index (χ1n) is 3.80. The molecule has 0 radical (unpaired) electrons. The first-order valence-corrected chi connectivity index (χ1v) is 3.80. The lowest BCUT2D eigenvalue weighted by molar-refractivity contribution is 0.111. The minimum Gasteiger partial charge on any atom is -0.380 e. The molecule has 60 valence electrons. The first kappa shape index (κ1) is 8.02. The predicted molar refractivity (Wildman–Crippen MR) is 42.1 cm³/mol. The Kier molecular flexibility index (Phi) is 2.02. The standard InChI is InChI=1S/C8H17NO/c1-8(2)5-7(10-4)6-9(8)3/h7H,5-6H2,1-4H3. The van der Waals surface area contributed by atoms with Crippen LogP contribution in [0.3, 0.4) is 0 Å². The van der Waals surface area contributed by atoms with E-state index in [2.05, 4.69) is 25.8 Å². The SMILES string of the molecule is COC1CN(C)C(C)(C)C1. The van der Waals surface area contributed by atoms with Crippen LogP contribution < -0.4 is 0 Å². The molecular formula is C8H17NO. The zero-order valence-corrected chi connectivity index (χ0v) is 7.35. The maximum atomic E-state index is 5.28. The van der Waals surface area contributed by atoms with Gasteiger partial charge in [0, 0.05) is 19.2 Å². The summed E-state index contributed by atoms with van der Waals surface area (Å²) in [6.45, 7) is 5.58. The predicted octanol–water partition coefficient (Wildman–Crippen LogP) is 1.12. The summed E-state index contributed by atoms with van der Waals surface area (Å²) in [6, 6.07) is 0. The van der Waals surface area contributed by atoms with Crippen molar-refractivity contribution >= 4 is 0 Å². The van der Waals surface area contributed by atoms with Crippen molar-refractivity contribution in [3.05, 3.63) is 0 Å². The molecule has 0 saturated carbocycles. The molecule has 1 unspecified atom stereocenters. The van der Waals surface area contributed by atoms with Gasteiger partial charge in [-0.25, -0.2) is 0 Å². The molecule has 2 heteroatoms. The van der Waals surface area contributed by atoms with Crippen molar-refractivity contribution in [3.8, 4) is 0 Å². The third-order valence-electron chi connectivity index (χ3n) is 2.57. The summed E-state index contributed by atoms with van der Waals surface area (Å²) < 4.78 is 5.28. The molecule has 0 amide bonds. The van der Waals surface area contributed by atoms with Gasteiger partial charge in [-0.2, -0.15) is 0 Å². The smallest absolute Gasteiger partial charge is 0.0715 e. The number of likely N-dealkylation sites (tertiary alicyclic amines) is 1. The highest BCUT2D eigenvalue weighted by Crippen LogP contribution is 2.27. The van der Waals surface area contributed by atoms with Crippen LogP contribution in [-0.4, -0.2) is 37.2 Å². The molecule has 10 heavy (non-hydrogen) atoms. The van der Waals surface area contributed by atoms with E-state index in [1.807, 2.05) is 0 Å². The summed E-state index contributed by atoms with van der Waals surface area (Å²) in [7, 11) is 3.94. The van der Waals surface area contributed by atoms with E-state index in [1.54, 1.807) is 7.11 Å². The maximum Gasteiger partial charge on any atom is 0.0715 e. The van der Waals surface area contributed by atoms with Crippen LogP contribution in [0.4, 0.5) is 0 Å². The fourth-order valence-corrected chi connectivity index (χ4v) is 1.49. The molecule has 1 saturated heterocycles. The van der Waals surface area contributed by atoms with Crippen molar-refractivity contribution in [3.63, 3.8) is 0 Å². The van der Waals surface area contributed by atoms with Gasteiger partial charge in [-0.05, 0) is 27.3 Å². The number of methoxy groups -OCH3 is 1. The Hall–Kier alpha value is -0.0800. The molecule has 0 spiro atoms. The van der Waals surface area contributed by atoms with E-state index in [1.165, 1.54) is 0 Å². The van der Waals surface area contributed by atoms with Crippen molar-refractivity contribution in [1.29, 1.82) is 0 Å². The number of nitrogens with zero attached hydrogens (tertiary/aromatic N) is 1. The Balaban J connectivity index is 2.53. The second-order valence-electron chi connectivity index (χ2n) is 3.75. The van der Waals surface area contributed by atoms with Crippen LogP contribution in [0.15, 0.2) is 0 Å². The van der Waals surface area contributed by atoms with Gasteiger partial charge in [0.25, 0.3) is 0 Å². The monoisotopic (exact) mass is 143 g/mol. The maximum absolute atomic E-state index is 5.28. The summed E-state index contributed by atoms with van der Waals surface area (Å²) in [5.74, 6) is 0. The lowest BCUT2D eigenvalue weighted by Gasteiger charge is -2.26. The second kappa shape index (κ2) is 2.51. The average molecular weight is 143 g/mol. The Morgan fingerprint density at radius 2 is 2.10 bits per heavy atom. The van der Waals surface area contributed by atoms with Gasteiger partial charge < -0.3 is 4.74 Å². The molecule has 2 nitrogen and oxygen atoms in total. The zero-order valence-electron chi connectivity index (χ0n) is 7.35. The summed E-state index contributed by atoms with van der Waals surface area (Å²) in [4.78, 5) is 2.35. The van der Waals surface area contributed by atoms with E-state index in [0.717, 1.165) is 13.0 Å². The van der Waals surface area contributed by atoms with Crippen LogP contribution in [-0.2, 0) is 4.74 Å². The third kappa shape index (κ3) is 1.32. The van der Waals surface area contributed by atoms with E-state index >= 15 is 0 Å². The van der Waals surface area contributed by atoms with Gasteiger partial charge in [0.1, 0.15) is 0 Å². The molecule has 0 aromatic carbocycles. The molecule has 1 rings (SSSR count). The van der Waals surface area contributed by atoms with E-state index in [4.69, 9.17) is 4.74 Å². The van der Waals surface area contributed by atoms with Crippen LogP contribution >= 0.6 is 0 Å². The Morgan fingerprint density at radius 3 is 2.30 bits per heavy atom. The molecule has 1 atom stereocenters. The number of hydrogen-bond donors (Lipinski definition) is 0. The first-order chi connectivity index (χ1) is 4.56. The van der Waals surface area contributed by atoms with Crippen LogP contribution in [0.2, 0.25) is 0 Å². The van der Waals surface area contributed by atoms with Crippen molar-refractivity contribution in [2.45, 2.75) is 31.9 Å². The van der Waals surface area contributed by atoms with Gasteiger partial charge >= 0.3 is 0 Å². The molecule has 0 N–H and O–H groups in total. The van der Waals surface area contributed by atoms with Gasteiger partial charge in [0.05, 0.1) is 6.10 Å². The number of likely N-dealkylation sites (N-methyl/N-ethyl adjacent to an activating group) is 1. The van der Waals surface area contributed by atoms with Crippen LogP contribution in [0, 0.1) is 0 Å². The van der Waals surface area contributed by atoms with Crippen molar-refractivity contribution in [2.24, 2.45) is 0 Å². The second-order valence-corrected chi connectivity index (χ2v) is 3.75. The largest absolute Gasteiger partial charge is 0.380 e. The van der Waals surface area contributed by atoms with Gasteiger partial charge in [-0.3, -0.25) is 4.90 Å². The summed E-state index contributed by atoms with van der Waals surface area (Å²) in [6.07, 6.45) is 1.60. The molecule has 0 bridgehead atoms. The Bertz CT molecular complexity index is 122. The molecule has 1 aliphatic rings. The lowest BCUT2D eigenvalue weighted by atomic mass is 10.0. The molecule has 0 aromatic heterocycles. The summed E-state index contributed by atoms with van der Waals surface area (Å²) >= 11 is 0. The fraction of sp³-hybridized carbons (Fsp3) is 1.00. The zero-order chi connectivity index (χ0) is 7.78. The molecule has 0 aliphatic carbocycles. The van der Waals surface area contributed by atoms with E-state index < -0.39 is 0 Å². The minimum atomic E-state index is 0.334. The van der Waals surface area contributed by atoms with E-state index in [9.17, 15) is 0 Å². The van der Waals surface area contributed by atoms with E-state index in [0.29, 0.717) is 11.6 Å². The molecule has 1 aliphatic heterocycles. The number of ether oxygens (including phenoxy) is 1. The Morgan fingerprint density at radius 1 is 1.50 bits per heavy atom. The van der Waals surface area contributed by atoms with E-state index in [-0.39, 0.29) is 0 Å². The molecule has 1 heterocycles. The lowest BCUT2D eigenvalue weighted by Crippen LogP contribution is -2.34. The quantitative estimate of drug-likeness (QED) is 0.545. The number of rotatable bonds is 1. The molecule has 1 fully saturated rings. The molecule has 0 aromatic rings. The van der Waals surface area contributed by atoms with Gasteiger partial charge in [-0.1, -0.05) is 0 Å². The van der Waals surface area contributed by atoms with Crippen LogP contribution in [0.1, 0.15) is 20.3 Å². The van der Waals surface area contributed by atoms with Gasteiger partial charge in [-0.15, -0.1) is 0 Å². The Labute approximate surface area is 63.2 Å². The molecular weight excluding hydrogens is 126 g/mol. The van der Waals surface area contributed by atoms with Crippen LogP contribution in [0.5, 0.6) is 0 Å². The minimum absolute atomic E-state index is 0.334. The highest BCUT2D eigenvalue weighted by Gasteiger charge is 2.35. The number of hydrogen-bond acceptors (Lipinski definition) is 2. The normalized spacial score (nSPS) is 33.0. The fourth-order valence-electron chi connectivity index (χ4n) is 1.49. The average Bonchev–Trinajstić information content (AvgIpc) is 2.08. The highest BCUT2D eigenvalue weighted by atomic mass is 16.5. The van der Waals surface area contributed by atoms with Crippen molar-refractivity contribution < 1.29 is 4.74 Å². The highest BCUT2D eigenvalue weighted by molar-refractivity contribution is 4.91. The topological polar surface area (TPSA) is 12.5 Å². The summed E-state index contributed by atoms with van der Waals surface area (Å²) in [5, 5.41) is 0. The van der Waals surface area contributed by atoms with Gasteiger partial charge in [0.15, 0.2) is 0 Å². The van der Waals surface area contributed by atoms with Crippen LogP contribution in [0.25, 0.3) is 0 Å². The van der Waals surface area contributed by atoms with Crippen molar-refractivity contribution in [1.82, 2.24) is 4.90 Å². The summed E-state index contributed by atoms with van der Waals surface area (Å²) in [5.41, 5.74) is 0.334. The van der Waals surface area contributed by atoms with Gasteiger partial charge in [0.2, 0.25) is 0 Å². The third-order valence-corrected chi connectivity index (χ3v) is 2.57. The van der Waals surface area contributed by atoms with Crippen molar-refractivity contribution in [2.75, 3.05) is 20.7 Å².